The molecular formula is C8H10ClN7OS. The standard InChI is InChI=1S/C8H10ClN7OS/c1-2-3-16-7(17)14-15-8(16)18-6-12-4(9)11-5(10)13-6/h2-3H2,1H3,(H,14,17)(H2,10,11,12,13). The van der Waals surface area contributed by atoms with Gasteiger partial charge in [-0.25, -0.2) is 9.89 Å². The number of aromatic amines is 1. The molecule has 0 fully saturated rings. The van der Waals surface area contributed by atoms with Crippen molar-refractivity contribution in [3.05, 3.63) is 15.8 Å². The lowest BCUT2D eigenvalue weighted by atomic mass is 10.5. The molecule has 0 radical (unpaired) electrons. The van der Waals surface area contributed by atoms with Crippen molar-refractivity contribution in [3.8, 4) is 0 Å². The van der Waals surface area contributed by atoms with E-state index in [-0.39, 0.29) is 16.9 Å². The Kier molecular flexibility index (Phi) is 3.82. The van der Waals surface area contributed by atoms with Crippen molar-refractivity contribution in [2.75, 3.05) is 5.73 Å². The summed E-state index contributed by atoms with van der Waals surface area (Å²) in [5, 5.41) is 7.03. The minimum Gasteiger partial charge on any atom is -0.368 e. The Bertz CT molecular complexity index is 589. The number of nitrogen functional groups attached to an aromatic ring is 1. The summed E-state index contributed by atoms with van der Waals surface area (Å²) in [4.78, 5) is 22.9. The number of anilines is 1. The van der Waals surface area contributed by atoms with Crippen LogP contribution >= 0.6 is 23.4 Å². The first-order chi connectivity index (χ1) is 8.60. The second-order valence-corrected chi connectivity index (χ2v) is 4.58. The molecule has 0 spiro atoms. The van der Waals surface area contributed by atoms with Gasteiger partial charge in [0.25, 0.3) is 0 Å². The van der Waals surface area contributed by atoms with Gasteiger partial charge in [0.2, 0.25) is 16.4 Å². The van der Waals surface area contributed by atoms with Gasteiger partial charge in [-0.3, -0.25) is 4.57 Å². The normalized spacial score (nSPS) is 10.8. The van der Waals surface area contributed by atoms with E-state index >= 15 is 0 Å². The zero-order valence-electron chi connectivity index (χ0n) is 9.42. The molecule has 0 aliphatic rings. The summed E-state index contributed by atoms with van der Waals surface area (Å²) in [6.07, 6.45) is 0.813. The molecule has 10 heteroatoms. The monoisotopic (exact) mass is 287 g/mol. The molecule has 0 bridgehead atoms. The average molecular weight is 288 g/mol. The largest absolute Gasteiger partial charge is 0.368 e. The van der Waals surface area contributed by atoms with Crippen LogP contribution in [0, 0.1) is 0 Å². The molecule has 2 aromatic heterocycles. The number of hydrogen-bond acceptors (Lipinski definition) is 7. The summed E-state index contributed by atoms with van der Waals surface area (Å²) < 4.78 is 1.50. The molecule has 3 N–H and O–H groups in total. The van der Waals surface area contributed by atoms with Crippen LogP contribution in [0.25, 0.3) is 0 Å². The molecule has 0 atom stereocenters. The Morgan fingerprint density at radius 2 is 2.22 bits per heavy atom. The van der Waals surface area contributed by atoms with Gasteiger partial charge < -0.3 is 5.73 Å². The second-order valence-electron chi connectivity index (χ2n) is 3.31. The number of halogens is 1. The maximum Gasteiger partial charge on any atom is 0.343 e. The maximum atomic E-state index is 11.5. The Morgan fingerprint density at radius 3 is 2.89 bits per heavy atom. The van der Waals surface area contributed by atoms with E-state index < -0.39 is 0 Å². The van der Waals surface area contributed by atoms with Crippen molar-refractivity contribution in [1.29, 1.82) is 0 Å². The molecule has 0 saturated carbocycles. The quantitative estimate of drug-likeness (QED) is 0.843. The third-order valence-electron chi connectivity index (χ3n) is 1.96. The fraction of sp³-hybridized carbons (Fsp3) is 0.375. The summed E-state index contributed by atoms with van der Waals surface area (Å²) in [6, 6.07) is 0. The maximum absolute atomic E-state index is 11.5. The van der Waals surface area contributed by atoms with Gasteiger partial charge in [-0.2, -0.15) is 15.0 Å². The van der Waals surface area contributed by atoms with Gasteiger partial charge >= 0.3 is 5.69 Å². The molecule has 0 saturated heterocycles. The molecular weight excluding hydrogens is 278 g/mol. The fourth-order valence-corrected chi connectivity index (χ4v) is 2.30. The molecule has 0 aliphatic heterocycles. The molecule has 0 aliphatic carbocycles. The number of aromatic nitrogens is 6. The summed E-state index contributed by atoms with van der Waals surface area (Å²) in [5.41, 5.74) is 5.19. The molecule has 0 amide bonds. The van der Waals surface area contributed by atoms with Crippen LogP contribution in [0.2, 0.25) is 5.28 Å². The predicted octanol–water partition coefficient (Wildman–Crippen LogP) is 0.553. The molecule has 2 rings (SSSR count). The van der Waals surface area contributed by atoms with Gasteiger partial charge in [-0.1, -0.05) is 6.92 Å². The van der Waals surface area contributed by atoms with E-state index in [1.807, 2.05) is 6.92 Å². The van der Waals surface area contributed by atoms with Crippen LogP contribution in [0.5, 0.6) is 0 Å². The van der Waals surface area contributed by atoms with Gasteiger partial charge in [-0.15, -0.1) is 5.10 Å². The molecule has 0 unspecified atom stereocenters. The Balaban J connectivity index is 2.31. The third kappa shape index (κ3) is 2.79. The van der Waals surface area contributed by atoms with Crippen molar-refractivity contribution < 1.29 is 0 Å². The van der Waals surface area contributed by atoms with Gasteiger partial charge in [-0.05, 0) is 29.8 Å². The van der Waals surface area contributed by atoms with Crippen LogP contribution in [0.1, 0.15) is 13.3 Å². The van der Waals surface area contributed by atoms with Gasteiger partial charge in [0.1, 0.15) is 0 Å². The fourth-order valence-electron chi connectivity index (χ4n) is 1.28. The molecule has 2 heterocycles. The minimum absolute atomic E-state index is 0.00456. The lowest BCUT2D eigenvalue weighted by Crippen LogP contribution is -2.17. The number of nitrogens with one attached hydrogen (secondary N) is 1. The Morgan fingerprint density at radius 1 is 1.44 bits per heavy atom. The van der Waals surface area contributed by atoms with E-state index in [1.165, 1.54) is 4.57 Å². The first-order valence-electron chi connectivity index (χ1n) is 5.10. The van der Waals surface area contributed by atoms with Gasteiger partial charge in [0.15, 0.2) is 5.16 Å². The van der Waals surface area contributed by atoms with Crippen molar-refractivity contribution in [3.63, 3.8) is 0 Å². The number of nitrogens with zero attached hydrogens (tertiary/aromatic N) is 5. The van der Waals surface area contributed by atoms with E-state index in [4.69, 9.17) is 17.3 Å². The summed E-state index contributed by atoms with van der Waals surface area (Å²) >= 11 is 6.77. The number of nitrogens with two attached hydrogens (primary N) is 1. The average Bonchev–Trinajstić information content (AvgIpc) is 2.60. The van der Waals surface area contributed by atoms with E-state index in [9.17, 15) is 4.79 Å². The third-order valence-corrected chi connectivity index (χ3v) is 2.99. The second kappa shape index (κ2) is 5.36. The number of H-pyrrole nitrogens is 1. The first kappa shape index (κ1) is 12.8. The highest BCUT2D eigenvalue weighted by Crippen LogP contribution is 2.22. The van der Waals surface area contributed by atoms with Crippen LogP contribution in [0.4, 0.5) is 5.95 Å². The highest BCUT2D eigenvalue weighted by molar-refractivity contribution is 7.99. The highest BCUT2D eigenvalue weighted by atomic mass is 35.5. The van der Waals surface area contributed by atoms with Crippen LogP contribution in [0.15, 0.2) is 15.1 Å². The zero-order valence-corrected chi connectivity index (χ0v) is 11.0. The smallest absolute Gasteiger partial charge is 0.343 e. The number of rotatable bonds is 4. The lowest BCUT2D eigenvalue weighted by Gasteiger charge is -2.02. The topological polar surface area (TPSA) is 115 Å². The number of hydrogen-bond donors (Lipinski definition) is 2. The minimum atomic E-state index is -0.271. The van der Waals surface area contributed by atoms with Crippen LogP contribution in [-0.2, 0) is 6.54 Å². The van der Waals surface area contributed by atoms with Crippen molar-refractivity contribution >= 4 is 29.3 Å². The molecule has 96 valence electrons. The van der Waals surface area contributed by atoms with Crippen molar-refractivity contribution in [1.82, 2.24) is 29.7 Å². The lowest BCUT2D eigenvalue weighted by molar-refractivity contribution is 0.603. The highest BCUT2D eigenvalue weighted by Gasteiger charge is 2.12. The summed E-state index contributed by atoms with van der Waals surface area (Å²) in [7, 11) is 0. The van der Waals surface area contributed by atoms with Gasteiger partial charge in [0, 0.05) is 6.54 Å². The Hall–Kier alpha value is -1.61. The van der Waals surface area contributed by atoms with Crippen molar-refractivity contribution in [2.24, 2.45) is 0 Å². The molecule has 8 nitrogen and oxygen atoms in total. The van der Waals surface area contributed by atoms with E-state index in [2.05, 4.69) is 25.1 Å². The summed E-state index contributed by atoms with van der Waals surface area (Å²) in [5.74, 6) is 0.0254. The van der Waals surface area contributed by atoms with E-state index in [0.717, 1.165) is 18.2 Å². The van der Waals surface area contributed by atoms with Crippen molar-refractivity contribution in [2.45, 2.75) is 30.2 Å². The first-order valence-corrected chi connectivity index (χ1v) is 6.29. The molecule has 18 heavy (non-hydrogen) atoms. The van der Waals surface area contributed by atoms with Crippen LogP contribution in [-0.4, -0.2) is 29.7 Å². The van der Waals surface area contributed by atoms with E-state index in [0.29, 0.717) is 16.9 Å². The Labute approximate surface area is 111 Å². The molecule has 2 aromatic rings. The van der Waals surface area contributed by atoms with Crippen LogP contribution < -0.4 is 11.4 Å². The van der Waals surface area contributed by atoms with Gasteiger partial charge in [0.05, 0.1) is 0 Å². The molecule has 0 aromatic carbocycles. The van der Waals surface area contributed by atoms with E-state index in [1.54, 1.807) is 0 Å². The summed E-state index contributed by atoms with van der Waals surface area (Å²) in [6.45, 7) is 2.53. The van der Waals surface area contributed by atoms with Crippen LogP contribution in [0.3, 0.4) is 0 Å². The SMILES string of the molecule is CCCn1c(Sc2nc(N)nc(Cl)n2)n[nH]c1=O. The zero-order chi connectivity index (χ0) is 13.1. The predicted molar refractivity (Wildman–Crippen MR) is 66.5 cm³/mol.